The highest BCUT2D eigenvalue weighted by molar-refractivity contribution is 5.03. The summed E-state index contributed by atoms with van der Waals surface area (Å²) in [5.74, 6) is 0. The van der Waals surface area contributed by atoms with Crippen molar-refractivity contribution in [3.8, 4) is 0 Å². The average molecular weight is 147 g/mol. The van der Waals surface area contributed by atoms with E-state index in [4.69, 9.17) is 0 Å². The van der Waals surface area contributed by atoms with Crippen LogP contribution >= 0.6 is 0 Å². The van der Waals surface area contributed by atoms with E-state index in [0.29, 0.717) is 0 Å². The van der Waals surface area contributed by atoms with Gasteiger partial charge < -0.3 is 0 Å². The number of allylic oxidation sites excluding steroid dienone is 6. The van der Waals surface area contributed by atoms with Crippen molar-refractivity contribution in [2.75, 3.05) is 0 Å². The Morgan fingerprint density at radius 2 is 1.73 bits per heavy atom. The summed E-state index contributed by atoms with van der Waals surface area (Å²) in [6.45, 7) is 0. The van der Waals surface area contributed by atoms with E-state index in [1.807, 2.05) is 0 Å². The zero-order valence-corrected chi connectivity index (χ0v) is 6.92. The van der Waals surface area contributed by atoms with Crippen LogP contribution < -0.4 is 0 Å². The first-order valence-corrected chi connectivity index (χ1v) is 4.37. The van der Waals surface area contributed by atoms with Gasteiger partial charge in [-0.15, -0.1) is 0 Å². The lowest BCUT2D eigenvalue weighted by Gasteiger charge is -1.87. The molecule has 0 saturated heterocycles. The monoisotopic (exact) mass is 147 g/mol. The van der Waals surface area contributed by atoms with Gasteiger partial charge >= 0.3 is 0 Å². The summed E-state index contributed by atoms with van der Waals surface area (Å²) in [6, 6.07) is 0. The van der Waals surface area contributed by atoms with Crippen LogP contribution in [0.2, 0.25) is 0 Å². The quantitative estimate of drug-likeness (QED) is 0.492. The zero-order chi connectivity index (χ0) is 7.78. The van der Waals surface area contributed by atoms with Crippen molar-refractivity contribution in [2.24, 2.45) is 0 Å². The molecule has 0 unspecified atom stereocenters. The van der Waals surface area contributed by atoms with Crippen molar-refractivity contribution < 1.29 is 0 Å². The predicted molar refractivity (Wildman–Crippen MR) is 49.2 cm³/mol. The second-order valence-electron chi connectivity index (χ2n) is 2.73. The van der Waals surface area contributed by atoms with Gasteiger partial charge in [0.15, 0.2) is 0 Å². The first-order valence-electron chi connectivity index (χ1n) is 4.37. The largest absolute Gasteiger partial charge is 0.0845 e. The molecule has 0 saturated carbocycles. The summed E-state index contributed by atoms with van der Waals surface area (Å²) in [7, 11) is 0. The van der Waals surface area contributed by atoms with Crippen molar-refractivity contribution >= 4 is 0 Å². The van der Waals surface area contributed by atoms with Crippen LogP contribution in [0.25, 0.3) is 0 Å². The van der Waals surface area contributed by atoms with Gasteiger partial charge in [-0.1, -0.05) is 30.4 Å². The molecule has 0 aromatic heterocycles. The minimum Gasteiger partial charge on any atom is -0.0845 e. The summed E-state index contributed by atoms with van der Waals surface area (Å²) in [6.07, 6.45) is 20.0. The molecule has 0 aliphatic heterocycles. The van der Waals surface area contributed by atoms with Crippen molar-refractivity contribution in [2.45, 2.75) is 32.1 Å². The van der Waals surface area contributed by atoms with Gasteiger partial charge in [0.2, 0.25) is 0 Å². The van der Waals surface area contributed by atoms with Gasteiger partial charge in [-0.25, -0.2) is 0 Å². The van der Waals surface area contributed by atoms with E-state index >= 15 is 0 Å². The molecule has 0 N–H and O–H groups in total. The van der Waals surface area contributed by atoms with E-state index in [1.54, 1.807) is 0 Å². The lowest BCUT2D eigenvalue weighted by molar-refractivity contribution is 0.860. The fourth-order valence-corrected chi connectivity index (χ4v) is 1.06. The molecule has 0 spiro atoms. The maximum absolute atomic E-state index is 3.28. The van der Waals surface area contributed by atoms with Crippen molar-refractivity contribution in [3.63, 3.8) is 0 Å². The van der Waals surface area contributed by atoms with Crippen LogP contribution in [0.4, 0.5) is 0 Å². The molecule has 0 bridgehead atoms. The normalized spacial score (nSPS) is 28.4. The molecule has 0 heteroatoms. The molecular weight excluding hydrogens is 132 g/mol. The average Bonchev–Trinajstić information content (AvgIpc) is 2.08. The highest BCUT2D eigenvalue weighted by Gasteiger charge is 1.82. The highest BCUT2D eigenvalue weighted by Crippen LogP contribution is 2.01. The molecule has 59 valence electrons. The van der Waals surface area contributed by atoms with Crippen molar-refractivity contribution in [3.05, 3.63) is 36.5 Å². The Morgan fingerprint density at radius 3 is 2.64 bits per heavy atom. The maximum atomic E-state index is 3.28. The van der Waals surface area contributed by atoms with E-state index in [-0.39, 0.29) is 0 Å². The number of rotatable bonds is 0. The Labute approximate surface area is 69.3 Å². The molecule has 0 heterocycles. The van der Waals surface area contributed by atoms with Crippen LogP contribution in [0.1, 0.15) is 32.1 Å². The smallest absolute Gasteiger partial charge is 0.0245 e. The Morgan fingerprint density at radius 1 is 0.909 bits per heavy atom. The van der Waals surface area contributed by atoms with E-state index < -0.39 is 0 Å². The summed E-state index contributed by atoms with van der Waals surface area (Å²) < 4.78 is 0. The molecule has 0 fully saturated rings. The van der Waals surface area contributed by atoms with Gasteiger partial charge in [-0.3, -0.25) is 0 Å². The van der Waals surface area contributed by atoms with Crippen molar-refractivity contribution in [1.29, 1.82) is 0 Å². The minimum absolute atomic E-state index is 1.07. The molecule has 1 rings (SSSR count). The molecular formula is C11H15. The molecule has 11 heavy (non-hydrogen) atoms. The Bertz CT molecular complexity index is 161. The van der Waals surface area contributed by atoms with Crippen LogP contribution in [0.3, 0.4) is 0 Å². The topological polar surface area (TPSA) is 0 Å². The lowest BCUT2D eigenvalue weighted by atomic mass is 10.2. The van der Waals surface area contributed by atoms with Crippen LogP contribution in [-0.2, 0) is 0 Å². The third kappa shape index (κ3) is 4.60. The molecule has 1 radical (unpaired) electrons. The minimum atomic E-state index is 1.07. The van der Waals surface area contributed by atoms with Gasteiger partial charge in [0.25, 0.3) is 0 Å². The maximum Gasteiger partial charge on any atom is -0.0245 e. The van der Waals surface area contributed by atoms with E-state index in [2.05, 4.69) is 36.5 Å². The molecule has 0 atom stereocenters. The van der Waals surface area contributed by atoms with Crippen molar-refractivity contribution in [1.82, 2.24) is 0 Å². The van der Waals surface area contributed by atoms with Crippen LogP contribution in [0.15, 0.2) is 30.4 Å². The van der Waals surface area contributed by atoms with Gasteiger partial charge in [-0.05, 0) is 38.2 Å². The first kappa shape index (κ1) is 8.32. The summed E-state index contributed by atoms with van der Waals surface area (Å²) in [5.41, 5.74) is 0. The standard InChI is InChI=1S/C11H15/c1-2-4-6-8-10-11-9-7-5-3-1/h1-4,11H,5-9H2/b3-1-,4-2-,11-10?. The SMILES string of the molecule is [C]1=C\CCC/C=C\C=C/CC/1. The zero-order valence-electron chi connectivity index (χ0n) is 6.92. The second kappa shape index (κ2) is 5.96. The molecule has 0 nitrogen and oxygen atoms in total. The molecule has 0 aromatic carbocycles. The molecule has 0 amide bonds. The Kier molecular flexibility index (Phi) is 4.51. The van der Waals surface area contributed by atoms with Crippen LogP contribution in [0, 0.1) is 6.08 Å². The fraction of sp³-hybridized carbons (Fsp3) is 0.455. The second-order valence-corrected chi connectivity index (χ2v) is 2.73. The highest BCUT2D eigenvalue weighted by atomic mass is 13.9. The number of hydrogen-bond acceptors (Lipinski definition) is 0. The lowest BCUT2D eigenvalue weighted by Crippen LogP contribution is -1.68. The molecule has 0 aromatic rings. The van der Waals surface area contributed by atoms with Crippen LogP contribution in [0.5, 0.6) is 0 Å². The Balaban J connectivity index is 2.34. The summed E-state index contributed by atoms with van der Waals surface area (Å²) >= 11 is 0. The van der Waals surface area contributed by atoms with E-state index in [9.17, 15) is 0 Å². The first-order chi connectivity index (χ1) is 5.50. The van der Waals surface area contributed by atoms with Crippen LogP contribution in [-0.4, -0.2) is 0 Å². The number of hydrogen-bond donors (Lipinski definition) is 0. The fourth-order valence-electron chi connectivity index (χ4n) is 1.06. The predicted octanol–water partition coefficient (Wildman–Crippen LogP) is 3.42. The van der Waals surface area contributed by atoms with Gasteiger partial charge in [0, 0.05) is 0 Å². The van der Waals surface area contributed by atoms with Gasteiger partial charge in [0.1, 0.15) is 0 Å². The molecule has 1 aliphatic rings. The summed E-state index contributed by atoms with van der Waals surface area (Å²) in [5, 5.41) is 0. The molecule has 1 aliphatic carbocycles. The van der Waals surface area contributed by atoms with Gasteiger partial charge in [0.05, 0.1) is 0 Å². The summed E-state index contributed by atoms with van der Waals surface area (Å²) in [4.78, 5) is 0. The van der Waals surface area contributed by atoms with E-state index in [1.165, 1.54) is 19.3 Å². The van der Waals surface area contributed by atoms with Gasteiger partial charge in [-0.2, -0.15) is 0 Å². The third-order valence-electron chi connectivity index (χ3n) is 1.70. The third-order valence-corrected chi connectivity index (χ3v) is 1.70. The van der Waals surface area contributed by atoms with E-state index in [0.717, 1.165) is 12.8 Å². The Hall–Kier alpha value is -0.780.